The summed E-state index contributed by atoms with van der Waals surface area (Å²) in [4.78, 5) is 24.9. The fourth-order valence-electron chi connectivity index (χ4n) is 3.92. The van der Waals surface area contributed by atoms with Gasteiger partial charge in [-0.05, 0) is 73.1 Å². The van der Waals surface area contributed by atoms with Crippen molar-refractivity contribution in [3.8, 4) is 0 Å². The van der Waals surface area contributed by atoms with E-state index in [-0.39, 0.29) is 5.78 Å². The summed E-state index contributed by atoms with van der Waals surface area (Å²) >= 11 is 0. The first-order valence-electron chi connectivity index (χ1n) is 8.05. The van der Waals surface area contributed by atoms with Crippen LogP contribution in [-0.4, -0.2) is 18.6 Å². The van der Waals surface area contributed by atoms with E-state index in [4.69, 9.17) is 0 Å². The van der Waals surface area contributed by atoms with Gasteiger partial charge in [-0.15, -0.1) is 0 Å². The highest BCUT2D eigenvalue weighted by molar-refractivity contribution is 5.92. The fourth-order valence-corrected chi connectivity index (χ4v) is 3.92. The molecule has 22 heavy (non-hydrogen) atoms. The number of fused-ring (bicyclic) bond motifs is 2. The van der Waals surface area contributed by atoms with E-state index < -0.39 is 0 Å². The number of anilines is 1. The minimum absolute atomic E-state index is 0.265. The van der Waals surface area contributed by atoms with Crippen LogP contribution in [0, 0.1) is 5.92 Å². The van der Waals surface area contributed by atoms with E-state index >= 15 is 0 Å². The second-order valence-corrected chi connectivity index (χ2v) is 6.43. The third-order valence-electron chi connectivity index (χ3n) is 5.10. The van der Waals surface area contributed by atoms with Gasteiger partial charge in [-0.2, -0.15) is 0 Å². The molecule has 0 amide bonds. The van der Waals surface area contributed by atoms with Crippen molar-refractivity contribution >= 4 is 17.8 Å². The molecular weight excluding hydrogens is 274 g/mol. The van der Waals surface area contributed by atoms with Crippen molar-refractivity contribution in [3.05, 3.63) is 52.7 Å². The Balaban J connectivity index is 1.67. The van der Waals surface area contributed by atoms with Crippen molar-refractivity contribution in [2.75, 3.05) is 11.4 Å². The molecule has 3 heteroatoms. The summed E-state index contributed by atoms with van der Waals surface area (Å²) in [6.07, 6.45) is 9.90. The van der Waals surface area contributed by atoms with Crippen molar-refractivity contribution in [1.29, 1.82) is 0 Å². The molecule has 0 spiro atoms. The number of aldehydes is 1. The lowest BCUT2D eigenvalue weighted by Gasteiger charge is -2.32. The topological polar surface area (TPSA) is 37.4 Å². The van der Waals surface area contributed by atoms with Crippen molar-refractivity contribution in [3.63, 3.8) is 0 Å². The monoisotopic (exact) mass is 293 g/mol. The number of rotatable bonds is 2. The van der Waals surface area contributed by atoms with Crippen LogP contribution in [0.1, 0.15) is 41.6 Å². The van der Waals surface area contributed by atoms with Gasteiger partial charge in [0.2, 0.25) is 0 Å². The minimum Gasteiger partial charge on any atom is -0.345 e. The number of benzene rings is 1. The number of hydrogen-bond acceptors (Lipinski definition) is 3. The fraction of sp³-hybridized carbons (Fsp3) is 0.368. The van der Waals surface area contributed by atoms with Crippen LogP contribution in [0.5, 0.6) is 0 Å². The predicted octanol–water partition coefficient (Wildman–Crippen LogP) is 3.44. The maximum atomic E-state index is 11.7. The molecule has 112 valence electrons. The number of carbonyl (C=O) groups excluding carboxylic acids is 2. The highest BCUT2D eigenvalue weighted by Gasteiger charge is 2.28. The van der Waals surface area contributed by atoms with Gasteiger partial charge in [-0.1, -0.05) is 0 Å². The Bertz CT molecular complexity index is 714. The first-order valence-corrected chi connectivity index (χ1v) is 8.05. The first kappa shape index (κ1) is 13.5. The van der Waals surface area contributed by atoms with E-state index in [2.05, 4.69) is 17.0 Å². The normalized spacial score (nSPS) is 23.5. The Morgan fingerprint density at radius 1 is 1.09 bits per heavy atom. The molecule has 0 fully saturated rings. The number of carbonyl (C=O) groups is 2. The van der Waals surface area contributed by atoms with Crippen molar-refractivity contribution < 1.29 is 9.59 Å². The molecule has 0 radical (unpaired) electrons. The lowest BCUT2D eigenvalue weighted by Crippen LogP contribution is -2.25. The summed E-state index contributed by atoms with van der Waals surface area (Å²) in [6.45, 7) is 0.968. The van der Waals surface area contributed by atoms with Gasteiger partial charge in [0.25, 0.3) is 0 Å². The van der Waals surface area contributed by atoms with Crippen molar-refractivity contribution in [2.24, 2.45) is 5.92 Å². The second kappa shape index (κ2) is 5.24. The third kappa shape index (κ3) is 2.21. The first-order chi connectivity index (χ1) is 10.7. The van der Waals surface area contributed by atoms with Gasteiger partial charge in [0.15, 0.2) is 5.78 Å². The van der Waals surface area contributed by atoms with Crippen LogP contribution in [0.4, 0.5) is 5.69 Å². The molecule has 0 aromatic heterocycles. The summed E-state index contributed by atoms with van der Waals surface area (Å²) in [7, 11) is 0. The average molecular weight is 293 g/mol. The van der Waals surface area contributed by atoms with E-state index in [1.54, 1.807) is 0 Å². The molecular formula is C19H19NO2. The average Bonchev–Trinajstić information content (AvgIpc) is 2.97. The molecule has 1 aromatic carbocycles. The summed E-state index contributed by atoms with van der Waals surface area (Å²) in [5.41, 5.74) is 5.75. The number of nitrogens with zero attached hydrogens (tertiary/aromatic N) is 1. The molecule has 3 aliphatic rings. The lowest BCUT2D eigenvalue weighted by atomic mass is 9.79. The largest absolute Gasteiger partial charge is 0.345 e. The lowest BCUT2D eigenvalue weighted by molar-refractivity contribution is -0.115. The van der Waals surface area contributed by atoms with Crippen LogP contribution >= 0.6 is 0 Å². The molecule has 0 saturated carbocycles. The zero-order valence-electron chi connectivity index (χ0n) is 12.5. The summed E-state index contributed by atoms with van der Waals surface area (Å²) in [6, 6.07) is 5.94. The van der Waals surface area contributed by atoms with E-state index in [0.717, 1.165) is 44.1 Å². The summed E-state index contributed by atoms with van der Waals surface area (Å²) in [5.74, 6) is 0.835. The van der Waals surface area contributed by atoms with Crippen LogP contribution in [-0.2, 0) is 11.2 Å². The van der Waals surface area contributed by atoms with Crippen molar-refractivity contribution in [1.82, 2.24) is 0 Å². The molecule has 1 aromatic rings. The standard InChI is InChI=1S/C19H19NO2/c21-12-13-1-6-19-15(9-13)7-8-20(19)17-4-2-14-3-5-18(22)11-16(14)10-17/h1,6,9-12,14H,2-5,7-8H2. The van der Waals surface area contributed by atoms with Crippen LogP contribution < -0.4 is 4.90 Å². The molecule has 4 rings (SSSR count). The molecule has 1 atom stereocenters. The predicted molar refractivity (Wildman–Crippen MR) is 86.0 cm³/mol. The Hall–Kier alpha value is -2.16. The smallest absolute Gasteiger partial charge is 0.155 e. The van der Waals surface area contributed by atoms with E-state index in [9.17, 15) is 9.59 Å². The molecule has 0 bridgehead atoms. The quantitative estimate of drug-likeness (QED) is 0.784. The van der Waals surface area contributed by atoms with Gasteiger partial charge in [-0.25, -0.2) is 0 Å². The van der Waals surface area contributed by atoms with Gasteiger partial charge in [-0.3, -0.25) is 9.59 Å². The maximum absolute atomic E-state index is 11.7. The maximum Gasteiger partial charge on any atom is 0.155 e. The Labute approximate surface area is 130 Å². The molecule has 0 saturated heterocycles. The Morgan fingerprint density at radius 2 is 1.95 bits per heavy atom. The Kier molecular flexibility index (Phi) is 3.21. The van der Waals surface area contributed by atoms with Crippen molar-refractivity contribution in [2.45, 2.75) is 32.1 Å². The zero-order chi connectivity index (χ0) is 15.1. The highest BCUT2D eigenvalue weighted by atomic mass is 16.1. The van der Waals surface area contributed by atoms with Gasteiger partial charge >= 0.3 is 0 Å². The molecule has 2 aliphatic carbocycles. The number of ketones is 1. The highest BCUT2D eigenvalue weighted by Crippen LogP contribution is 2.39. The zero-order valence-corrected chi connectivity index (χ0v) is 12.5. The minimum atomic E-state index is 0.265. The summed E-state index contributed by atoms with van der Waals surface area (Å²) < 4.78 is 0. The van der Waals surface area contributed by atoms with E-state index in [0.29, 0.717) is 12.3 Å². The molecule has 1 aliphatic heterocycles. The molecule has 1 unspecified atom stereocenters. The molecule has 3 nitrogen and oxygen atoms in total. The van der Waals surface area contributed by atoms with Gasteiger partial charge < -0.3 is 4.90 Å². The van der Waals surface area contributed by atoms with Crippen LogP contribution in [0.15, 0.2) is 41.6 Å². The molecule has 1 heterocycles. The van der Waals surface area contributed by atoms with Gasteiger partial charge in [0.1, 0.15) is 6.29 Å². The number of allylic oxidation sites excluding steroid dienone is 4. The summed E-state index contributed by atoms with van der Waals surface area (Å²) in [5, 5.41) is 0. The van der Waals surface area contributed by atoms with Gasteiger partial charge in [0, 0.05) is 29.9 Å². The Morgan fingerprint density at radius 3 is 2.82 bits per heavy atom. The molecule has 0 N–H and O–H groups in total. The second-order valence-electron chi connectivity index (χ2n) is 6.43. The van der Waals surface area contributed by atoms with Crippen LogP contribution in [0.2, 0.25) is 0 Å². The van der Waals surface area contributed by atoms with Gasteiger partial charge in [0.05, 0.1) is 0 Å². The number of hydrogen-bond donors (Lipinski definition) is 0. The van der Waals surface area contributed by atoms with Crippen LogP contribution in [0.3, 0.4) is 0 Å². The third-order valence-corrected chi connectivity index (χ3v) is 5.10. The van der Waals surface area contributed by atoms with E-state index in [1.807, 2.05) is 18.2 Å². The van der Waals surface area contributed by atoms with E-state index in [1.165, 1.54) is 22.5 Å². The SMILES string of the molecule is O=Cc1ccc2c(c1)CCN2C1=CC2=CC(=O)CCC2CC1. The van der Waals surface area contributed by atoms with Crippen LogP contribution in [0.25, 0.3) is 0 Å².